The van der Waals surface area contributed by atoms with Gasteiger partial charge in [0, 0.05) is 35.6 Å². The molecule has 0 saturated carbocycles. The SMILES string of the molecule is O=C(CNc1ccc(C(=O)NCc2ccco2)cc1)Nc1ccc(C(=O)N2CCCCCC2)cc1. The lowest BCUT2D eigenvalue weighted by Crippen LogP contribution is -2.31. The molecule has 182 valence electrons. The first-order valence-electron chi connectivity index (χ1n) is 11.9. The highest BCUT2D eigenvalue weighted by Crippen LogP contribution is 2.16. The Morgan fingerprint density at radius 1 is 0.800 bits per heavy atom. The van der Waals surface area contributed by atoms with Crippen molar-refractivity contribution in [3.05, 3.63) is 83.8 Å². The van der Waals surface area contributed by atoms with E-state index in [1.54, 1.807) is 66.9 Å². The molecule has 0 atom stereocenters. The van der Waals surface area contributed by atoms with E-state index in [9.17, 15) is 14.4 Å². The van der Waals surface area contributed by atoms with E-state index in [1.807, 2.05) is 4.90 Å². The first kappa shape index (κ1) is 24.1. The first-order chi connectivity index (χ1) is 17.1. The number of nitrogens with zero attached hydrogens (tertiary/aromatic N) is 1. The summed E-state index contributed by atoms with van der Waals surface area (Å²) in [5.41, 5.74) is 2.51. The fourth-order valence-electron chi connectivity index (χ4n) is 3.96. The fraction of sp³-hybridized carbons (Fsp3) is 0.296. The molecule has 1 fully saturated rings. The lowest BCUT2D eigenvalue weighted by Gasteiger charge is -2.20. The average molecular weight is 475 g/mol. The van der Waals surface area contributed by atoms with Crippen LogP contribution < -0.4 is 16.0 Å². The van der Waals surface area contributed by atoms with Crippen LogP contribution in [0.25, 0.3) is 0 Å². The van der Waals surface area contributed by atoms with Gasteiger partial charge in [0.15, 0.2) is 0 Å². The minimum Gasteiger partial charge on any atom is -0.467 e. The summed E-state index contributed by atoms with van der Waals surface area (Å²) in [5, 5.41) is 8.66. The van der Waals surface area contributed by atoms with Crippen molar-refractivity contribution >= 4 is 29.1 Å². The van der Waals surface area contributed by atoms with E-state index in [-0.39, 0.29) is 24.3 Å². The molecule has 1 aromatic heterocycles. The van der Waals surface area contributed by atoms with E-state index in [0.29, 0.717) is 29.1 Å². The number of nitrogens with one attached hydrogen (secondary N) is 3. The number of anilines is 2. The predicted molar refractivity (Wildman–Crippen MR) is 134 cm³/mol. The molecule has 0 radical (unpaired) electrons. The molecule has 0 aliphatic carbocycles. The third kappa shape index (κ3) is 6.96. The van der Waals surface area contributed by atoms with Gasteiger partial charge in [-0.15, -0.1) is 0 Å². The quantitative estimate of drug-likeness (QED) is 0.452. The molecule has 3 amide bonds. The predicted octanol–water partition coefficient (Wildman–Crippen LogP) is 4.28. The molecule has 4 rings (SSSR count). The maximum atomic E-state index is 12.7. The number of furan rings is 1. The second-order valence-corrected chi connectivity index (χ2v) is 8.52. The number of carbonyl (C=O) groups is 3. The Hall–Kier alpha value is -4.07. The van der Waals surface area contributed by atoms with Crippen LogP contribution in [0.4, 0.5) is 11.4 Å². The van der Waals surface area contributed by atoms with Crippen molar-refractivity contribution in [2.75, 3.05) is 30.3 Å². The summed E-state index contributed by atoms with van der Waals surface area (Å²) in [4.78, 5) is 39.2. The van der Waals surface area contributed by atoms with Gasteiger partial charge in [0.2, 0.25) is 5.91 Å². The van der Waals surface area contributed by atoms with Crippen LogP contribution in [0.3, 0.4) is 0 Å². The molecule has 1 saturated heterocycles. The van der Waals surface area contributed by atoms with E-state index in [1.165, 1.54) is 12.8 Å². The van der Waals surface area contributed by atoms with Crippen LogP contribution in [0.5, 0.6) is 0 Å². The molecular formula is C27H30N4O4. The summed E-state index contributed by atoms with van der Waals surface area (Å²) < 4.78 is 5.20. The van der Waals surface area contributed by atoms with Gasteiger partial charge in [-0.1, -0.05) is 12.8 Å². The Kier molecular flexibility index (Phi) is 8.17. The molecule has 8 heteroatoms. The first-order valence-corrected chi connectivity index (χ1v) is 11.9. The zero-order chi connectivity index (χ0) is 24.5. The Bertz CT molecular complexity index is 1120. The van der Waals surface area contributed by atoms with Crippen molar-refractivity contribution < 1.29 is 18.8 Å². The Morgan fingerprint density at radius 3 is 2.11 bits per heavy atom. The van der Waals surface area contributed by atoms with Crippen LogP contribution in [0.15, 0.2) is 71.3 Å². The molecule has 1 aliphatic rings. The lowest BCUT2D eigenvalue weighted by atomic mass is 10.1. The van der Waals surface area contributed by atoms with E-state index in [0.717, 1.165) is 31.6 Å². The summed E-state index contributed by atoms with van der Waals surface area (Å²) in [6, 6.07) is 17.5. The minimum atomic E-state index is -0.211. The molecular weight excluding hydrogens is 444 g/mol. The summed E-state index contributed by atoms with van der Waals surface area (Å²) in [6.07, 6.45) is 6.01. The van der Waals surface area contributed by atoms with Gasteiger partial charge in [-0.2, -0.15) is 0 Å². The van der Waals surface area contributed by atoms with Crippen molar-refractivity contribution in [3.63, 3.8) is 0 Å². The van der Waals surface area contributed by atoms with E-state index >= 15 is 0 Å². The third-order valence-corrected chi connectivity index (χ3v) is 5.91. The summed E-state index contributed by atoms with van der Waals surface area (Å²) >= 11 is 0. The normalized spacial score (nSPS) is 13.5. The molecule has 35 heavy (non-hydrogen) atoms. The number of likely N-dealkylation sites (tertiary alicyclic amines) is 1. The highest BCUT2D eigenvalue weighted by atomic mass is 16.3. The van der Waals surface area contributed by atoms with Crippen LogP contribution in [0, 0.1) is 0 Å². The van der Waals surface area contributed by atoms with Gasteiger partial charge in [0.05, 0.1) is 19.4 Å². The zero-order valence-corrected chi connectivity index (χ0v) is 19.6. The van der Waals surface area contributed by atoms with Gasteiger partial charge in [-0.25, -0.2) is 0 Å². The third-order valence-electron chi connectivity index (χ3n) is 5.91. The summed E-state index contributed by atoms with van der Waals surface area (Å²) in [7, 11) is 0. The van der Waals surface area contributed by atoms with Gasteiger partial charge in [0.25, 0.3) is 11.8 Å². The number of benzene rings is 2. The molecule has 2 heterocycles. The lowest BCUT2D eigenvalue weighted by molar-refractivity contribution is -0.114. The Labute approximate surface area is 204 Å². The van der Waals surface area contributed by atoms with Crippen molar-refractivity contribution in [2.24, 2.45) is 0 Å². The van der Waals surface area contributed by atoms with Crippen molar-refractivity contribution in [1.82, 2.24) is 10.2 Å². The topological polar surface area (TPSA) is 104 Å². The zero-order valence-electron chi connectivity index (χ0n) is 19.6. The number of amides is 3. The standard InChI is InChI=1S/C27H30N4O4/c32-25(30-23-13-9-21(10-14-23)27(34)31-15-3-1-2-4-16-31)19-28-22-11-7-20(8-12-22)26(33)29-18-24-6-5-17-35-24/h5-14,17,28H,1-4,15-16,18-19H2,(H,29,33)(H,30,32). The fourth-order valence-corrected chi connectivity index (χ4v) is 3.96. The summed E-state index contributed by atoms with van der Waals surface area (Å²) in [5.74, 6) is 0.311. The molecule has 1 aliphatic heterocycles. The summed E-state index contributed by atoms with van der Waals surface area (Å²) in [6.45, 7) is 2.00. The highest BCUT2D eigenvalue weighted by molar-refractivity contribution is 5.97. The largest absolute Gasteiger partial charge is 0.467 e. The molecule has 3 N–H and O–H groups in total. The van der Waals surface area contributed by atoms with Crippen LogP contribution >= 0.6 is 0 Å². The van der Waals surface area contributed by atoms with E-state index in [2.05, 4.69) is 16.0 Å². The molecule has 3 aromatic rings. The average Bonchev–Trinajstić information content (AvgIpc) is 3.26. The van der Waals surface area contributed by atoms with Gasteiger partial charge in [0.1, 0.15) is 5.76 Å². The molecule has 0 spiro atoms. The number of carbonyl (C=O) groups excluding carboxylic acids is 3. The Balaban J connectivity index is 1.22. The van der Waals surface area contributed by atoms with Crippen molar-refractivity contribution in [2.45, 2.75) is 32.2 Å². The highest BCUT2D eigenvalue weighted by Gasteiger charge is 2.17. The maximum absolute atomic E-state index is 12.7. The van der Waals surface area contributed by atoms with Gasteiger partial charge in [-0.05, 0) is 73.5 Å². The molecule has 0 unspecified atom stereocenters. The van der Waals surface area contributed by atoms with Gasteiger partial charge >= 0.3 is 0 Å². The van der Waals surface area contributed by atoms with Crippen LogP contribution in [-0.4, -0.2) is 42.3 Å². The van der Waals surface area contributed by atoms with Crippen molar-refractivity contribution in [3.8, 4) is 0 Å². The smallest absolute Gasteiger partial charge is 0.253 e. The van der Waals surface area contributed by atoms with Crippen LogP contribution in [0.1, 0.15) is 52.2 Å². The molecule has 0 bridgehead atoms. The Morgan fingerprint density at radius 2 is 1.46 bits per heavy atom. The van der Waals surface area contributed by atoms with Crippen LogP contribution in [-0.2, 0) is 11.3 Å². The molecule has 2 aromatic carbocycles. The monoisotopic (exact) mass is 474 g/mol. The van der Waals surface area contributed by atoms with Gasteiger partial charge in [-0.3, -0.25) is 14.4 Å². The van der Waals surface area contributed by atoms with E-state index < -0.39 is 0 Å². The molecule has 8 nitrogen and oxygen atoms in total. The maximum Gasteiger partial charge on any atom is 0.253 e. The van der Waals surface area contributed by atoms with Crippen LogP contribution in [0.2, 0.25) is 0 Å². The number of hydrogen-bond donors (Lipinski definition) is 3. The number of hydrogen-bond acceptors (Lipinski definition) is 5. The number of rotatable bonds is 8. The van der Waals surface area contributed by atoms with Crippen molar-refractivity contribution in [1.29, 1.82) is 0 Å². The minimum absolute atomic E-state index is 0.0459. The second-order valence-electron chi connectivity index (χ2n) is 8.52. The second kappa shape index (κ2) is 11.9. The van der Waals surface area contributed by atoms with Gasteiger partial charge < -0.3 is 25.3 Å². The van der Waals surface area contributed by atoms with E-state index in [4.69, 9.17) is 4.42 Å².